The standard InChI is InChI=1S/C14H18N4O.ClH/c1-15-9-11-5-4-7-17(11)14(19)12-10-16-18-8-3-2-6-13(12)18;/h2-3,6,8,10-11,15H,4-5,7,9H2,1H3;1H. The fraction of sp³-hybridized carbons (Fsp3) is 0.429. The molecule has 6 heteroatoms. The van der Waals surface area contributed by atoms with Crippen LogP contribution in [-0.2, 0) is 0 Å². The minimum atomic E-state index is 0. The Bertz CT molecular complexity index is 598. The molecule has 108 valence electrons. The normalized spacial score (nSPS) is 18.2. The number of carbonyl (C=O) groups excluding carboxylic acids is 1. The van der Waals surface area contributed by atoms with Gasteiger partial charge in [0.1, 0.15) is 0 Å². The predicted molar refractivity (Wildman–Crippen MR) is 80.4 cm³/mol. The largest absolute Gasteiger partial charge is 0.334 e. The monoisotopic (exact) mass is 294 g/mol. The van der Waals surface area contributed by atoms with Gasteiger partial charge in [0.05, 0.1) is 17.3 Å². The number of rotatable bonds is 3. The van der Waals surface area contributed by atoms with E-state index in [1.807, 2.05) is 36.3 Å². The first kappa shape index (κ1) is 14.8. The molecule has 5 nitrogen and oxygen atoms in total. The van der Waals surface area contributed by atoms with Crippen LogP contribution in [0, 0.1) is 0 Å². The van der Waals surface area contributed by atoms with Crippen molar-refractivity contribution in [3.05, 3.63) is 36.2 Å². The minimum Gasteiger partial charge on any atom is -0.334 e. The SMILES string of the molecule is CNCC1CCCN1C(=O)c1cnn2ccccc12.Cl. The molecular weight excluding hydrogens is 276 g/mol. The number of carbonyl (C=O) groups is 1. The van der Waals surface area contributed by atoms with E-state index in [1.54, 1.807) is 10.7 Å². The maximum absolute atomic E-state index is 12.7. The van der Waals surface area contributed by atoms with Gasteiger partial charge < -0.3 is 10.2 Å². The number of likely N-dealkylation sites (N-methyl/N-ethyl adjacent to an activating group) is 1. The summed E-state index contributed by atoms with van der Waals surface area (Å²) in [5.41, 5.74) is 1.58. The number of hydrogen-bond donors (Lipinski definition) is 1. The number of fused-ring (bicyclic) bond motifs is 1. The van der Waals surface area contributed by atoms with Gasteiger partial charge in [0.25, 0.3) is 5.91 Å². The van der Waals surface area contributed by atoms with Crippen molar-refractivity contribution in [1.29, 1.82) is 0 Å². The Kier molecular flexibility index (Phi) is 4.62. The quantitative estimate of drug-likeness (QED) is 0.935. The molecule has 0 aromatic carbocycles. The molecule has 0 spiro atoms. The van der Waals surface area contributed by atoms with Crippen LogP contribution >= 0.6 is 12.4 Å². The number of nitrogens with zero attached hydrogens (tertiary/aromatic N) is 3. The molecule has 2 aromatic rings. The molecule has 0 saturated carbocycles. The molecule has 3 heterocycles. The van der Waals surface area contributed by atoms with Gasteiger partial charge in [0, 0.05) is 25.3 Å². The molecule has 3 rings (SSSR count). The van der Waals surface area contributed by atoms with E-state index in [0.717, 1.165) is 31.4 Å². The Balaban J connectivity index is 0.00000147. The molecule has 1 fully saturated rings. The second-order valence-corrected chi connectivity index (χ2v) is 4.94. The Labute approximate surface area is 124 Å². The van der Waals surface area contributed by atoms with E-state index in [1.165, 1.54) is 0 Å². The van der Waals surface area contributed by atoms with E-state index in [2.05, 4.69) is 10.4 Å². The van der Waals surface area contributed by atoms with Crippen molar-refractivity contribution in [3.63, 3.8) is 0 Å². The Morgan fingerprint density at radius 3 is 3.15 bits per heavy atom. The topological polar surface area (TPSA) is 49.6 Å². The number of likely N-dealkylation sites (tertiary alicyclic amines) is 1. The van der Waals surface area contributed by atoms with Crippen molar-refractivity contribution >= 4 is 23.8 Å². The maximum Gasteiger partial charge on any atom is 0.257 e. The summed E-state index contributed by atoms with van der Waals surface area (Å²) in [7, 11) is 1.93. The van der Waals surface area contributed by atoms with Crippen molar-refractivity contribution in [2.45, 2.75) is 18.9 Å². The van der Waals surface area contributed by atoms with E-state index >= 15 is 0 Å². The van der Waals surface area contributed by atoms with Gasteiger partial charge in [0.15, 0.2) is 0 Å². The summed E-state index contributed by atoms with van der Waals surface area (Å²) in [6, 6.07) is 6.08. The van der Waals surface area contributed by atoms with Crippen LogP contribution in [0.4, 0.5) is 0 Å². The third kappa shape index (κ3) is 2.51. The molecule has 1 amide bonds. The molecule has 1 saturated heterocycles. The van der Waals surface area contributed by atoms with Gasteiger partial charge in [0.2, 0.25) is 0 Å². The molecule has 1 atom stereocenters. The highest BCUT2D eigenvalue weighted by atomic mass is 35.5. The lowest BCUT2D eigenvalue weighted by molar-refractivity contribution is 0.0739. The first-order valence-electron chi connectivity index (χ1n) is 6.69. The summed E-state index contributed by atoms with van der Waals surface area (Å²) in [5.74, 6) is 0.0963. The van der Waals surface area contributed by atoms with Gasteiger partial charge in [-0.1, -0.05) is 6.07 Å². The Hall–Kier alpha value is -1.59. The van der Waals surface area contributed by atoms with Crippen LogP contribution < -0.4 is 5.32 Å². The molecule has 0 radical (unpaired) electrons. The number of halogens is 1. The highest BCUT2D eigenvalue weighted by Crippen LogP contribution is 2.21. The van der Waals surface area contributed by atoms with E-state index in [4.69, 9.17) is 0 Å². The van der Waals surface area contributed by atoms with E-state index in [9.17, 15) is 4.79 Å². The lowest BCUT2D eigenvalue weighted by Crippen LogP contribution is -2.40. The summed E-state index contributed by atoms with van der Waals surface area (Å²) in [6.45, 7) is 1.69. The summed E-state index contributed by atoms with van der Waals surface area (Å²) in [4.78, 5) is 14.6. The number of amides is 1. The summed E-state index contributed by atoms with van der Waals surface area (Å²) in [5, 5.41) is 7.40. The van der Waals surface area contributed by atoms with Crippen molar-refractivity contribution in [3.8, 4) is 0 Å². The molecule has 1 N–H and O–H groups in total. The molecule has 2 aromatic heterocycles. The molecular formula is C14H19ClN4O. The van der Waals surface area contributed by atoms with Crippen LogP contribution in [0.1, 0.15) is 23.2 Å². The fourth-order valence-corrected chi connectivity index (χ4v) is 2.80. The van der Waals surface area contributed by atoms with Gasteiger partial charge in [-0.15, -0.1) is 12.4 Å². The number of nitrogens with one attached hydrogen (secondary N) is 1. The zero-order valence-corrected chi connectivity index (χ0v) is 12.3. The first-order chi connectivity index (χ1) is 9.31. The highest BCUT2D eigenvalue weighted by Gasteiger charge is 2.30. The van der Waals surface area contributed by atoms with Crippen LogP contribution in [-0.4, -0.2) is 46.6 Å². The number of hydrogen-bond acceptors (Lipinski definition) is 3. The van der Waals surface area contributed by atoms with Crippen molar-refractivity contribution in [2.75, 3.05) is 20.1 Å². The maximum atomic E-state index is 12.7. The first-order valence-corrected chi connectivity index (χ1v) is 6.69. The molecule has 1 unspecified atom stereocenters. The van der Waals surface area contributed by atoms with Crippen LogP contribution in [0.25, 0.3) is 5.52 Å². The van der Waals surface area contributed by atoms with Gasteiger partial charge in [-0.25, -0.2) is 4.52 Å². The Morgan fingerprint density at radius 2 is 2.35 bits per heavy atom. The summed E-state index contributed by atoms with van der Waals surface area (Å²) in [6.07, 6.45) is 5.69. The third-order valence-electron chi connectivity index (χ3n) is 3.73. The smallest absolute Gasteiger partial charge is 0.257 e. The van der Waals surface area contributed by atoms with Gasteiger partial charge in [-0.2, -0.15) is 5.10 Å². The van der Waals surface area contributed by atoms with Gasteiger partial charge >= 0.3 is 0 Å². The zero-order chi connectivity index (χ0) is 13.2. The van der Waals surface area contributed by atoms with Crippen LogP contribution in [0.15, 0.2) is 30.6 Å². The van der Waals surface area contributed by atoms with Crippen molar-refractivity contribution in [1.82, 2.24) is 19.8 Å². The lowest BCUT2D eigenvalue weighted by Gasteiger charge is -2.24. The third-order valence-corrected chi connectivity index (χ3v) is 3.73. The lowest BCUT2D eigenvalue weighted by atomic mass is 10.2. The average molecular weight is 295 g/mol. The molecule has 1 aliphatic heterocycles. The van der Waals surface area contributed by atoms with Gasteiger partial charge in [-0.3, -0.25) is 4.79 Å². The number of aromatic nitrogens is 2. The van der Waals surface area contributed by atoms with Crippen molar-refractivity contribution < 1.29 is 4.79 Å². The van der Waals surface area contributed by atoms with Crippen LogP contribution in [0.2, 0.25) is 0 Å². The predicted octanol–water partition coefficient (Wildman–Crippen LogP) is 1.58. The molecule has 20 heavy (non-hydrogen) atoms. The second kappa shape index (κ2) is 6.24. The number of pyridine rings is 1. The summed E-state index contributed by atoms with van der Waals surface area (Å²) >= 11 is 0. The highest BCUT2D eigenvalue weighted by molar-refractivity contribution is 6.00. The van der Waals surface area contributed by atoms with Crippen LogP contribution in [0.3, 0.4) is 0 Å². The zero-order valence-electron chi connectivity index (χ0n) is 11.5. The minimum absolute atomic E-state index is 0. The van der Waals surface area contributed by atoms with E-state index < -0.39 is 0 Å². The second-order valence-electron chi connectivity index (χ2n) is 4.94. The van der Waals surface area contributed by atoms with Crippen LogP contribution in [0.5, 0.6) is 0 Å². The molecule has 0 bridgehead atoms. The fourth-order valence-electron chi connectivity index (χ4n) is 2.80. The Morgan fingerprint density at radius 1 is 1.50 bits per heavy atom. The van der Waals surface area contributed by atoms with E-state index in [0.29, 0.717) is 11.6 Å². The van der Waals surface area contributed by atoms with Crippen molar-refractivity contribution in [2.24, 2.45) is 0 Å². The average Bonchev–Trinajstić information content (AvgIpc) is 3.04. The summed E-state index contributed by atoms with van der Waals surface area (Å²) < 4.78 is 1.75. The van der Waals surface area contributed by atoms with E-state index in [-0.39, 0.29) is 18.3 Å². The molecule has 0 aliphatic carbocycles. The van der Waals surface area contributed by atoms with Gasteiger partial charge in [-0.05, 0) is 32.0 Å². The molecule has 1 aliphatic rings.